The van der Waals surface area contributed by atoms with Crippen molar-refractivity contribution in [3.63, 3.8) is 0 Å². The highest BCUT2D eigenvalue weighted by molar-refractivity contribution is 7.59. The molecule has 0 saturated heterocycles. The molecule has 4 aromatic rings. The van der Waals surface area contributed by atoms with Crippen molar-refractivity contribution < 1.29 is 9.18 Å². The molecule has 7 nitrogen and oxygen atoms in total. The zero-order valence-electron chi connectivity index (χ0n) is 20.3. The van der Waals surface area contributed by atoms with E-state index in [-0.39, 0.29) is 36.3 Å². The molecule has 186 valence electrons. The summed E-state index contributed by atoms with van der Waals surface area (Å²) in [5, 5.41) is 6.16. The number of pyridine rings is 2. The van der Waals surface area contributed by atoms with Crippen LogP contribution in [0.2, 0.25) is 0 Å². The lowest BCUT2D eigenvalue weighted by Gasteiger charge is -2.24. The summed E-state index contributed by atoms with van der Waals surface area (Å²) in [6, 6.07) is 10.7. The van der Waals surface area contributed by atoms with Crippen molar-refractivity contribution >= 4 is 36.1 Å². The van der Waals surface area contributed by atoms with Crippen LogP contribution >= 0.6 is 13.5 Å². The minimum atomic E-state index is -0.465. The van der Waals surface area contributed by atoms with Crippen LogP contribution in [0, 0.1) is 5.82 Å². The summed E-state index contributed by atoms with van der Waals surface area (Å²) in [5.41, 5.74) is 4.51. The molecular formula is C27H29FN6OS. The van der Waals surface area contributed by atoms with Gasteiger partial charge in [-0.1, -0.05) is 19.4 Å². The molecule has 1 atom stereocenters. The van der Waals surface area contributed by atoms with Gasteiger partial charge in [-0.3, -0.25) is 14.8 Å². The van der Waals surface area contributed by atoms with E-state index in [4.69, 9.17) is 0 Å². The van der Waals surface area contributed by atoms with E-state index in [0.29, 0.717) is 23.8 Å². The van der Waals surface area contributed by atoms with Crippen molar-refractivity contribution in [3.05, 3.63) is 77.8 Å². The molecule has 1 fully saturated rings. The van der Waals surface area contributed by atoms with E-state index in [2.05, 4.69) is 42.7 Å². The zero-order valence-corrected chi connectivity index (χ0v) is 21.3. The minimum Gasteiger partial charge on any atom is -0.369 e. The van der Waals surface area contributed by atoms with E-state index < -0.39 is 5.82 Å². The Labute approximate surface area is 216 Å². The highest BCUT2D eigenvalue weighted by atomic mass is 32.1. The van der Waals surface area contributed by atoms with E-state index in [1.165, 1.54) is 51.0 Å². The smallest absolute Gasteiger partial charge is 0.251 e. The molecule has 0 radical (unpaired) electrons. The monoisotopic (exact) mass is 504 g/mol. The summed E-state index contributed by atoms with van der Waals surface area (Å²) >= 11 is 0. The number of rotatable bonds is 7. The van der Waals surface area contributed by atoms with Crippen LogP contribution in [0.3, 0.4) is 0 Å². The second kappa shape index (κ2) is 11.0. The Kier molecular flexibility index (Phi) is 7.79. The SMILES string of the molecule is CNC(=O)c1ccnc2c([C@H](C)CNc3cc(-c4ccc(C5CCC5)nc4)ncn3)ccc(F)c12.S. The summed E-state index contributed by atoms with van der Waals surface area (Å²) in [5.74, 6) is 0.455. The number of carbonyl (C=O) groups excluding carboxylic acids is 1. The molecule has 0 bridgehead atoms. The Morgan fingerprint density at radius 2 is 1.94 bits per heavy atom. The van der Waals surface area contributed by atoms with Gasteiger partial charge in [0.25, 0.3) is 5.91 Å². The maximum atomic E-state index is 14.7. The molecule has 1 saturated carbocycles. The van der Waals surface area contributed by atoms with Crippen molar-refractivity contribution in [3.8, 4) is 11.3 Å². The standard InChI is InChI=1S/C27H27FN6O.H2S/c1-16(19-7-8-21(28)25-20(27(35)29-2)10-11-30-26(19)25)13-32-24-12-23(33-15-34-24)18-6-9-22(31-14-18)17-4-3-5-17;/h6-12,14-17H,3-5,13H2,1-2H3,(H,29,35)(H,32,33,34);1H2/t16-;/m1./s1. The molecule has 3 heterocycles. The van der Waals surface area contributed by atoms with Crippen LogP contribution in [0.4, 0.5) is 10.2 Å². The van der Waals surface area contributed by atoms with Crippen LogP contribution < -0.4 is 10.6 Å². The van der Waals surface area contributed by atoms with Crippen molar-refractivity contribution in [2.45, 2.75) is 38.0 Å². The number of benzene rings is 1. The third kappa shape index (κ3) is 5.02. The molecule has 1 aromatic carbocycles. The fourth-order valence-electron chi connectivity index (χ4n) is 4.45. The quantitative estimate of drug-likeness (QED) is 0.360. The molecule has 0 spiro atoms. The molecule has 0 unspecified atom stereocenters. The first kappa shape index (κ1) is 25.5. The van der Waals surface area contributed by atoms with Crippen LogP contribution in [0.15, 0.2) is 55.1 Å². The minimum absolute atomic E-state index is 0. The van der Waals surface area contributed by atoms with Crippen LogP contribution in [-0.4, -0.2) is 39.4 Å². The summed E-state index contributed by atoms with van der Waals surface area (Å²) in [7, 11) is 1.53. The number of nitrogens with zero attached hydrogens (tertiary/aromatic N) is 4. The number of fused-ring (bicyclic) bond motifs is 1. The van der Waals surface area contributed by atoms with Gasteiger partial charge in [0.05, 0.1) is 16.8 Å². The number of carbonyl (C=O) groups is 1. The molecule has 1 aliphatic rings. The average Bonchev–Trinajstić information content (AvgIpc) is 2.86. The summed E-state index contributed by atoms with van der Waals surface area (Å²) in [6.07, 6.45) is 8.68. The van der Waals surface area contributed by atoms with Crippen LogP contribution in [0.5, 0.6) is 0 Å². The number of halogens is 1. The third-order valence-corrected chi connectivity index (χ3v) is 6.74. The van der Waals surface area contributed by atoms with Gasteiger partial charge in [0.2, 0.25) is 0 Å². The summed E-state index contributed by atoms with van der Waals surface area (Å²) < 4.78 is 14.7. The third-order valence-electron chi connectivity index (χ3n) is 6.74. The first-order chi connectivity index (χ1) is 17.0. The lowest BCUT2D eigenvalue weighted by atomic mass is 9.82. The van der Waals surface area contributed by atoms with E-state index in [0.717, 1.165) is 22.5 Å². The van der Waals surface area contributed by atoms with E-state index in [1.807, 2.05) is 19.2 Å². The van der Waals surface area contributed by atoms with Crippen molar-refractivity contribution in [2.24, 2.45) is 0 Å². The largest absolute Gasteiger partial charge is 0.369 e. The predicted octanol–water partition coefficient (Wildman–Crippen LogP) is 5.18. The van der Waals surface area contributed by atoms with Crippen molar-refractivity contribution in [1.82, 2.24) is 25.3 Å². The summed E-state index contributed by atoms with van der Waals surface area (Å²) in [4.78, 5) is 30.0. The Hall–Kier alpha value is -3.59. The molecular weight excluding hydrogens is 475 g/mol. The fraction of sp³-hybridized carbons (Fsp3) is 0.296. The predicted molar refractivity (Wildman–Crippen MR) is 144 cm³/mol. The Balaban J connectivity index is 0.00000304. The zero-order chi connectivity index (χ0) is 24.4. The molecule has 9 heteroatoms. The number of nitrogens with one attached hydrogen (secondary N) is 2. The average molecular weight is 505 g/mol. The summed E-state index contributed by atoms with van der Waals surface area (Å²) in [6.45, 7) is 2.57. The lowest BCUT2D eigenvalue weighted by Crippen LogP contribution is -2.19. The Bertz CT molecular complexity index is 1380. The first-order valence-corrected chi connectivity index (χ1v) is 11.9. The lowest BCUT2D eigenvalue weighted by molar-refractivity contribution is 0.0964. The van der Waals surface area contributed by atoms with Crippen LogP contribution in [0.1, 0.15) is 59.6 Å². The van der Waals surface area contributed by atoms with E-state index >= 15 is 0 Å². The van der Waals surface area contributed by atoms with Gasteiger partial charge in [-0.05, 0) is 42.7 Å². The van der Waals surface area contributed by atoms with Gasteiger partial charge in [0, 0.05) is 60.5 Å². The first-order valence-electron chi connectivity index (χ1n) is 11.9. The van der Waals surface area contributed by atoms with Gasteiger partial charge >= 0.3 is 0 Å². The topological polar surface area (TPSA) is 92.7 Å². The van der Waals surface area contributed by atoms with Crippen molar-refractivity contribution in [2.75, 3.05) is 18.9 Å². The molecule has 36 heavy (non-hydrogen) atoms. The van der Waals surface area contributed by atoms with Gasteiger partial charge in [0.15, 0.2) is 0 Å². The molecule has 2 N–H and O–H groups in total. The second-order valence-corrected chi connectivity index (χ2v) is 8.97. The maximum absolute atomic E-state index is 14.7. The maximum Gasteiger partial charge on any atom is 0.251 e. The molecule has 1 amide bonds. The Morgan fingerprint density at radius 3 is 2.64 bits per heavy atom. The van der Waals surface area contributed by atoms with Crippen LogP contribution in [-0.2, 0) is 0 Å². The molecule has 5 rings (SSSR count). The molecule has 1 aliphatic carbocycles. The van der Waals surface area contributed by atoms with Gasteiger partial charge in [-0.15, -0.1) is 0 Å². The highest BCUT2D eigenvalue weighted by Crippen LogP contribution is 2.35. The van der Waals surface area contributed by atoms with Gasteiger partial charge in [-0.2, -0.15) is 13.5 Å². The number of hydrogen-bond acceptors (Lipinski definition) is 6. The van der Waals surface area contributed by atoms with Gasteiger partial charge in [-0.25, -0.2) is 14.4 Å². The number of hydrogen-bond donors (Lipinski definition) is 2. The number of aromatic nitrogens is 4. The Morgan fingerprint density at radius 1 is 1.11 bits per heavy atom. The normalized spacial score (nSPS) is 14.0. The van der Waals surface area contributed by atoms with Gasteiger partial charge < -0.3 is 10.6 Å². The molecule has 3 aromatic heterocycles. The highest BCUT2D eigenvalue weighted by Gasteiger charge is 2.21. The number of anilines is 1. The van der Waals surface area contributed by atoms with Gasteiger partial charge in [0.1, 0.15) is 18.0 Å². The fourth-order valence-corrected chi connectivity index (χ4v) is 4.45. The second-order valence-electron chi connectivity index (χ2n) is 8.97. The van der Waals surface area contributed by atoms with Crippen LogP contribution in [0.25, 0.3) is 22.2 Å². The molecule has 0 aliphatic heterocycles. The number of amides is 1. The van der Waals surface area contributed by atoms with Crippen molar-refractivity contribution in [1.29, 1.82) is 0 Å². The van der Waals surface area contributed by atoms with E-state index in [1.54, 1.807) is 6.07 Å². The van der Waals surface area contributed by atoms with E-state index in [9.17, 15) is 9.18 Å².